The Kier molecular flexibility index (Phi) is 9.93. The van der Waals surface area contributed by atoms with Crippen LogP contribution in [0, 0.1) is 0 Å². The van der Waals surface area contributed by atoms with E-state index in [1.165, 1.54) is 11.8 Å². The fraction of sp³-hybridized carbons (Fsp3) is 0.345. The van der Waals surface area contributed by atoms with Gasteiger partial charge in [0.1, 0.15) is 18.3 Å². The van der Waals surface area contributed by atoms with Crippen LogP contribution in [-0.4, -0.2) is 41.9 Å². The van der Waals surface area contributed by atoms with E-state index >= 15 is 0 Å². The molecule has 6 heteroatoms. The Balaban J connectivity index is 1.51. The van der Waals surface area contributed by atoms with Crippen LogP contribution in [0.5, 0.6) is 0 Å². The van der Waals surface area contributed by atoms with Crippen LogP contribution >= 0.6 is 11.8 Å². The number of benzene rings is 3. The van der Waals surface area contributed by atoms with Gasteiger partial charge in [-0.1, -0.05) is 97.9 Å². The molecule has 3 aromatic rings. The van der Waals surface area contributed by atoms with Crippen LogP contribution < -0.4 is 0 Å². The molecule has 0 aromatic heterocycles. The summed E-state index contributed by atoms with van der Waals surface area (Å²) in [6.45, 7) is 3.45. The van der Waals surface area contributed by atoms with Crippen molar-refractivity contribution in [2.75, 3.05) is 12.4 Å². The van der Waals surface area contributed by atoms with Gasteiger partial charge in [0.2, 0.25) is 5.78 Å². The van der Waals surface area contributed by atoms with Gasteiger partial charge in [0.15, 0.2) is 5.44 Å². The van der Waals surface area contributed by atoms with Gasteiger partial charge in [0, 0.05) is 0 Å². The number of thioether (sulfide) groups is 1. The highest BCUT2D eigenvalue weighted by Crippen LogP contribution is 2.30. The zero-order valence-corrected chi connectivity index (χ0v) is 20.8. The molecule has 1 heterocycles. The number of hydrogen-bond donors (Lipinski definition) is 0. The molecule has 1 aliphatic heterocycles. The molecule has 0 amide bonds. The summed E-state index contributed by atoms with van der Waals surface area (Å²) in [4.78, 5) is 13.4. The molecule has 0 radical (unpaired) electrons. The van der Waals surface area contributed by atoms with Crippen molar-refractivity contribution in [2.45, 2.75) is 50.5 Å². The normalized spacial score (nSPS) is 22.3. The number of hydrogen-bond acceptors (Lipinski definition) is 6. The van der Waals surface area contributed by atoms with Crippen molar-refractivity contribution in [3.05, 3.63) is 108 Å². The third-order valence-electron chi connectivity index (χ3n) is 5.75. The van der Waals surface area contributed by atoms with Gasteiger partial charge in [0.05, 0.1) is 26.4 Å². The Hall–Kier alpha value is -2.48. The molecule has 0 N–H and O–H groups in total. The lowest BCUT2D eigenvalue weighted by Crippen LogP contribution is -2.57. The molecule has 5 nitrogen and oxygen atoms in total. The second-order valence-corrected chi connectivity index (χ2v) is 9.68. The number of rotatable bonds is 12. The van der Waals surface area contributed by atoms with Crippen molar-refractivity contribution in [1.29, 1.82) is 0 Å². The summed E-state index contributed by atoms with van der Waals surface area (Å²) >= 11 is 1.47. The summed E-state index contributed by atoms with van der Waals surface area (Å²) in [5, 5.41) is 0. The number of ether oxygens (including phenoxy) is 4. The minimum absolute atomic E-state index is 0.0925. The van der Waals surface area contributed by atoms with Crippen molar-refractivity contribution in [3.8, 4) is 0 Å². The Morgan fingerprint density at radius 3 is 1.80 bits per heavy atom. The Bertz CT molecular complexity index is 1020. The van der Waals surface area contributed by atoms with Crippen molar-refractivity contribution < 1.29 is 23.7 Å². The number of carbonyl (C=O) groups is 1. The fourth-order valence-electron chi connectivity index (χ4n) is 3.97. The van der Waals surface area contributed by atoms with Crippen LogP contribution in [0.3, 0.4) is 0 Å². The van der Waals surface area contributed by atoms with E-state index < -0.39 is 23.7 Å². The first-order valence-corrected chi connectivity index (χ1v) is 13.0. The SMILES string of the molecule is CCS[C@@H]1O[C@H](COCc2ccccc2)[C@@H](OCc2ccccc2)[C@H](OCc2ccccc2)C1=O. The smallest absolute Gasteiger partial charge is 0.203 e. The number of carbonyl (C=O) groups excluding carboxylic acids is 1. The summed E-state index contributed by atoms with van der Waals surface area (Å²) in [6.07, 6.45) is -1.78. The lowest BCUT2D eigenvalue weighted by molar-refractivity contribution is -0.203. The van der Waals surface area contributed by atoms with E-state index in [1.54, 1.807) is 0 Å². The van der Waals surface area contributed by atoms with Crippen molar-refractivity contribution in [1.82, 2.24) is 0 Å². The van der Waals surface area contributed by atoms with Crippen molar-refractivity contribution in [2.24, 2.45) is 0 Å². The van der Waals surface area contributed by atoms with E-state index in [1.807, 2.05) is 97.9 Å². The molecule has 4 atom stereocenters. The minimum Gasteiger partial charge on any atom is -0.374 e. The third-order valence-corrected chi connectivity index (χ3v) is 6.72. The zero-order valence-electron chi connectivity index (χ0n) is 20.0. The largest absolute Gasteiger partial charge is 0.374 e. The van der Waals surface area contributed by atoms with Crippen LogP contribution in [-0.2, 0) is 43.6 Å². The van der Waals surface area contributed by atoms with Crippen molar-refractivity contribution >= 4 is 17.5 Å². The van der Waals surface area contributed by atoms with E-state index in [9.17, 15) is 4.79 Å². The highest BCUT2D eigenvalue weighted by molar-refractivity contribution is 8.00. The van der Waals surface area contributed by atoms with Crippen LogP contribution in [0.1, 0.15) is 23.6 Å². The zero-order chi connectivity index (χ0) is 24.3. The van der Waals surface area contributed by atoms with E-state index in [2.05, 4.69) is 0 Å². The minimum atomic E-state index is -0.748. The maximum atomic E-state index is 13.4. The van der Waals surface area contributed by atoms with E-state index in [0.717, 1.165) is 22.4 Å². The molecule has 35 heavy (non-hydrogen) atoms. The molecular formula is C29H32O5S. The molecular weight excluding hydrogens is 460 g/mol. The van der Waals surface area contributed by atoms with E-state index in [-0.39, 0.29) is 5.78 Å². The van der Waals surface area contributed by atoms with Gasteiger partial charge in [-0.3, -0.25) is 4.79 Å². The van der Waals surface area contributed by atoms with Gasteiger partial charge in [-0.05, 0) is 22.4 Å². The van der Waals surface area contributed by atoms with Crippen LogP contribution in [0.4, 0.5) is 0 Å². The first-order valence-electron chi connectivity index (χ1n) is 12.0. The first-order chi connectivity index (χ1) is 17.2. The molecule has 0 bridgehead atoms. The summed E-state index contributed by atoms with van der Waals surface area (Å²) in [7, 11) is 0. The van der Waals surface area contributed by atoms with Gasteiger partial charge in [-0.25, -0.2) is 0 Å². The summed E-state index contributed by atoms with van der Waals surface area (Å²) < 4.78 is 24.8. The summed E-state index contributed by atoms with van der Waals surface area (Å²) in [5.41, 5.74) is 2.50. The molecule has 1 fully saturated rings. The third kappa shape index (κ3) is 7.50. The topological polar surface area (TPSA) is 54.0 Å². The second-order valence-electron chi connectivity index (χ2n) is 8.34. The van der Waals surface area contributed by atoms with Gasteiger partial charge >= 0.3 is 0 Å². The molecule has 4 rings (SSSR count). The molecule has 184 valence electrons. The quantitative estimate of drug-likeness (QED) is 0.337. The maximum Gasteiger partial charge on any atom is 0.203 e. The first kappa shape index (κ1) is 25.6. The standard InChI is InChI=1S/C29H32O5S/c1-2-35-29-26(30)28(33-20-24-16-10-5-11-17-24)27(32-19-23-14-8-4-9-15-23)25(34-29)21-31-18-22-12-6-3-7-13-22/h3-17,25,27-29H,2,18-21H2,1H3/t25-,27-,28-,29+/m1/s1. The molecule has 0 spiro atoms. The lowest BCUT2D eigenvalue weighted by atomic mass is 10.0. The van der Waals surface area contributed by atoms with Crippen molar-refractivity contribution in [3.63, 3.8) is 0 Å². The van der Waals surface area contributed by atoms with Gasteiger partial charge < -0.3 is 18.9 Å². The monoisotopic (exact) mass is 492 g/mol. The number of Topliss-reactive ketones (excluding diaryl/α,β-unsaturated/α-hetero) is 1. The Morgan fingerprint density at radius 1 is 0.743 bits per heavy atom. The number of ketones is 1. The second kappa shape index (κ2) is 13.6. The fourth-order valence-corrected chi connectivity index (χ4v) is 4.79. The molecule has 1 aliphatic rings. The van der Waals surface area contributed by atoms with Gasteiger partial charge in [-0.2, -0.15) is 0 Å². The highest BCUT2D eigenvalue weighted by atomic mass is 32.2. The maximum absolute atomic E-state index is 13.4. The average Bonchev–Trinajstić information content (AvgIpc) is 2.90. The van der Waals surface area contributed by atoms with E-state index in [0.29, 0.717) is 26.4 Å². The summed E-state index contributed by atoms with van der Waals surface area (Å²) in [5.74, 6) is 0.666. The summed E-state index contributed by atoms with van der Waals surface area (Å²) in [6, 6.07) is 29.8. The van der Waals surface area contributed by atoms with Crippen LogP contribution in [0.15, 0.2) is 91.0 Å². The molecule has 3 aromatic carbocycles. The molecule has 1 saturated heterocycles. The van der Waals surface area contributed by atoms with Gasteiger partial charge in [-0.15, -0.1) is 11.8 Å². The Labute approximate surface area is 211 Å². The average molecular weight is 493 g/mol. The molecule has 0 unspecified atom stereocenters. The predicted octanol–water partition coefficient (Wildman–Crippen LogP) is 5.42. The predicted molar refractivity (Wildman–Crippen MR) is 138 cm³/mol. The highest BCUT2D eigenvalue weighted by Gasteiger charge is 2.46. The van der Waals surface area contributed by atoms with Crippen LogP contribution in [0.2, 0.25) is 0 Å². The lowest BCUT2D eigenvalue weighted by Gasteiger charge is -2.40. The molecule has 0 aliphatic carbocycles. The van der Waals surface area contributed by atoms with Crippen LogP contribution in [0.25, 0.3) is 0 Å². The Morgan fingerprint density at radius 2 is 1.26 bits per heavy atom. The van der Waals surface area contributed by atoms with Gasteiger partial charge in [0.25, 0.3) is 0 Å². The molecule has 0 saturated carbocycles. The van der Waals surface area contributed by atoms with E-state index in [4.69, 9.17) is 18.9 Å².